The normalized spacial score (nSPS) is 11.8. The fraction of sp³-hybridized carbons (Fsp3) is 0.103. The summed E-state index contributed by atoms with van der Waals surface area (Å²) in [7, 11) is 4.08. The van der Waals surface area contributed by atoms with E-state index in [0.29, 0.717) is 27.6 Å². The van der Waals surface area contributed by atoms with Gasteiger partial charge in [0.2, 0.25) is 0 Å². The van der Waals surface area contributed by atoms with E-state index in [2.05, 4.69) is 27.0 Å². The number of pyridine rings is 1. The Morgan fingerprint density at radius 1 is 0.972 bits per heavy atom. The van der Waals surface area contributed by atoms with Crippen molar-refractivity contribution >= 4 is 44.2 Å². The maximum absolute atomic E-state index is 14.7. The number of halogens is 2. The number of hydrogen-bond donors (Lipinski definition) is 2. The molecule has 2 N–H and O–H groups in total. The molecule has 178 valence electrons. The second kappa shape index (κ2) is 8.59. The van der Waals surface area contributed by atoms with E-state index in [-0.39, 0.29) is 16.1 Å². The minimum Gasteiger partial charge on any atom is -0.337 e. The van der Waals surface area contributed by atoms with Crippen LogP contribution in [0.2, 0.25) is 5.02 Å². The Bertz CT molecular complexity index is 1830. The molecule has 2 aromatic heterocycles. The molecule has 5 nitrogen and oxygen atoms in total. The second-order valence-electron chi connectivity index (χ2n) is 9.16. The molecule has 7 heteroatoms. The molecule has 6 rings (SSSR count). The van der Waals surface area contributed by atoms with Crippen LogP contribution in [0.25, 0.3) is 55.1 Å². The molecule has 0 spiro atoms. The Balaban J connectivity index is 1.69. The van der Waals surface area contributed by atoms with Crippen LogP contribution in [-0.4, -0.2) is 33.9 Å². The molecule has 0 saturated carbocycles. The molecule has 0 saturated heterocycles. The summed E-state index contributed by atoms with van der Waals surface area (Å²) < 4.78 is 14.7. The quantitative estimate of drug-likeness (QED) is 0.265. The fourth-order valence-corrected chi connectivity index (χ4v) is 5.22. The van der Waals surface area contributed by atoms with Crippen LogP contribution >= 0.6 is 11.6 Å². The van der Waals surface area contributed by atoms with E-state index < -0.39 is 5.82 Å². The van der Waals surface area contributed by atoms with Crippen molar-refractivity contribution in [2.75, 3.05) is 14.1 Å². The summed E-state index contributed by atoms with van der Waals surface area (Å²) in [5.74, 6) is -0.143. The molecule has 0 amide bonds. The van der Waals surface area contributed by atoms with Gasteiger partial charge in [-0.2, -0.15) is 0 Å². The van der Waals surface area contributed by atoms with E-state index in [1.807, 2.05) is 50.5 Å². The van der Waals surface area contributed by atoms with Gasteiger partial charge in [0, 0.05) is 23.5 Å². The molecule has 0 atom stereocenters. The topological polar surface area (TPSA) is 64.8 Å². The van der Waals surface area contributed by atoms with Crippen LogP contribution in [0.15, 0.2) is 77.7 Å². The van der Waals surface area contributed by atoms with Gasteiger partial charge in [-0.3, -0.25) is 4.79 Å². The number of imidazole rings is 1. The van der Waals surface area contributed by atoms with Gasteiger partial charge in [0.25, 0.3) is 5.56 Å². The van der Waals surface area contributed by atoms with Crippen LogP contribution in [0, 0.1) is 5.82 Å². The van der Waals surface area contributed by atoms with Gasteiger partial charge in [-0.1, -0.05) is 54.1 Å². The van der Waals surface area contributed by atoms with Crippen molar-refractivity contribution in [3.8, 4) is 22.5 Å². The van der Waals surface area contributed by atoms with E-state index in [0.717, 1.165) is 28.4 Å². The van der Waals surface area contributed by atoms with Gasteiger partial charge in [0.1, 0.15) is 11.6 Å². The zero-order chi connectivity index (χ0) is 25.0. The maximum Gasteiger partial charge on any atom is 0.256 e. The van der Waals surface area contributed by atoms with E-state index in [4.69, 9.17) is 16.6 Å². The van der Waals surface area contributed by atoms with Gasteiger partial charge < -0.3 is 14.9 Å². The van der Waals surface area contributed by atoms with Gasteiger partial charge in [0.15, 0.2) is 0 Å². The highest BCUT2D eigenvalue weighted by molar-refractivity contribution is 6.33. The highest BCUT2D eigenvalue weighted by atomic mass is 35.5. The monoisotopic (exact) mass is 496 g/mol. The van der Waals surface area contributed by atoms with E-state index in [9.17, 15) is 9.18 Å². The smallest absolute Gasteiger partial charge is 0.256 e. The molecule has 0 radical (unpaired) electrons. The molecule has 0 bridgehead atoms. The van der Waals surface area contributed by atoms with Gasteiger partial charge in [-0.25, -0.2) is 9.37 Å². The highest BCUT2D eigenvalue weighted by Gasteiger charge is 2.19. The third-order valence-electron chi connectivity index (χ3n) is 6.49. The van der Waals surface area contributed by atoms with Crippen LogP contribution < -0.4 is 5.56 Å². The molecule has 2 heterocycles. The van der Waals surface area contributed by atoms with Gasteiger partial charge in [-0.15, -0.1) is 0 Å². The highest BCUT2D eigenvalue weighted by Crippen LogP contribution is 2.38. The number of nitrogens with zero attached hydrogens (tertiary/aromatic N) is 2. The maximum atomic E-state index is 14.7. The number of aromatic nitrogens is 3. The first kappa shape index (κ1) is 22.5. The number of aromatic amines is 2. The lowest BCUT2D eigenvalue weighted by Crippen LogP contribution is -2.11. The molecule has 6 aromatic rings. The number of H-pyrrole nitrogens is 2. The van der Waals surface area contributed by atoms with E-state index in [1.165, 1.54) is 11.6 Å². The predicted molar refractivity (Wildman–Crippen MR) is 145 cm³/mol. The zero-order valence-electron chi connectivity index (χ0n) is 19.7. The average Bonchev–Trinajstić information content (AvgIpc) is 3.29. The molecular formula is C29H22ClFN4O. The number of hydrogen-bond acceptors (Lipinski definition) is 3. The number of rotatable bonds is 4. The van der Waals surface area contributed by atoms with Crippen molar-refractivity contribution in [3.63, 3.8) is 0 Å². The zero-order valence-corrected chi connectivity index (χ0v) is 20.4. The third kappa shape index (κ3) is 3.58. The van der Waals surface area contributed by atoms with Crippen LogP contribution in [0.5, 0.6) is 0 Å². The summed E-state index contributed by atoms with van der Waals surface area (Å²) >= 11 is 6.33. The Morgan fingerprint density at radius 3 is 2.61 bits per heavy atom. The van der Waals surface area contributed by atoms with Crippen LogP contribution in [0.4, 0.5) is 4.39 Å². The lowest BCUT2D eigenvalue weighted by molar-refractivity contribution is 0.403. The Labute approximate surface area is 211 Å². The second-order valence-corrected chi connectivity index (χ2v) is 9.56. The first-order valence-corrected chi connectivity index (χ1v) is 11.9. The van der Waals surface area contributed by atoms with Crippen LogP contribution in [0.3, 0.4) is 0 Å². The van der Waals surface area contributed by atoms with Crippen molar-refractivity contribution < 1.29 is 4.39 Å². The van der Waals surface area contributed by atoms with Crippen LogP contribution in [0.1, 0.15) is 5.56 Å². The lowest BCUT2D eigenvalue weighted by atomic mass is 9.94. The molecule has 36 heavy (non-hydrogen) atoms. The summed E-state index contributed by atoms with van der Waals surface area (Å²) in [6.45, 7) is 0.792. The van der Waals surface area contributed by atoms with Crippen molar-refractivity contribution in [2.45, 2.75) is 6.54 Å². The largest absolute Gasteiger partial charge is 0.337 e. The summed E-state index contributed by atoms with van der Waals surface area (Å²) in [5.41, 5.74) is 4.64. The molecule has 0 unspecified atom stereocenters. The Hall–Kier alpha value is -4.00. The van der Waals surface area contributed by atoms with Crippen molar-refractivity contribution in [2.24, 2.45) is 0 Å². The third-order valence-corrected chi connectivity index (χ3v) is 6.81. The van der Waals surface area contributed by atoms with Gasteiger partial charge >= 0.3 is 0 Å². The summed E-state index contributed by atoms with van der Waals surface area (Å²) in [6, 6.07) is 20.7. The van der Waals surface area contributed by atoms with E-state index in [1.54, 1.807) is 18.3 Å². The summed E-state index contributed by atoms with van der Waals surface area (Å²) in [5, 5.41) is 3.13. The predicted octanol–water partition coefficient (Wildman–Crippen LogP) is 6.75. The Kier molecular flexibility index (Phi) is 5.36. The number of nitrogens with one attached hydrogen (secondary N) is 2. The lowest BCUT2D eigenvalue weighted by Gasteiger charge is -2.15. The van der Waals surface area contributed by atoms with Crippen LogP contribution in [-0.2, 0) is 6.54 Å². The number of fused-ring (bicyclic) bond motifs is 6. The first-order valence-electron chi connectivity index (χ1n) is 11.6. The number of benzene rings is 4. The average molecular weight is 497 g/mol. The molecule has 0 aliphatic carbocycles. The SMILES string of the molecule is CN(C)Cc1ccccc1-c1ccc2c(c1)c1c(=O)[nH]ccc1c1[nH]c(-c3c(F)cccc3Cl)nc21. The molecule has 0 aliphatic heterocycles. The van der Waals surface area contributed by atoms with Gasteiger partial charge in [-0.05, 0) is 60.4 Å². The minimum atomic E-state index is -0.465. The van der Waals surface area contributed by atoms with Crippen molar-refractivity contribution in [1.29, 1.82) is 0 Å². The molecular weight excluding hydrogens is 475 g/mol. The molecule has 0 fully saturated rings. The summed E-state index contributed by atoms with van der Waals surface area (Å²) in [6.07, 6.45) is 1.61. The van der Waals surface area contributed by atoms with E-state index >= 15 is 0 Å². The standard InChI is InChI=1S/C29H22ClFN4O/c1-35(2)15-17-6-3-4-7-18(17)16-10-11-19-21(14-16)24-20(12-13-32-29(24)36)27-26(19)33-28(34-27)25-22(30)8-5-9-23(25)31/h3-14H,15H2,1-2H3,(H,32,36)(H,33,34). The van der Waals surface area contributed by atoms with Gasteiger partial charge in [0.05, 0.1) is 27.0 Å². The van der Waals surface area contributed by atoms with Crippen molar-refractivity contribution in [3.05, 3.63) is 99.7 Å². The Morgan fingerprint density at radius 2 is 1.81 bits per heavy atom. The molecule has 4 aromatic carbocycles. The van der Waals surface area contributed by atoms with Crippen molar-refractivity contribution in [1.82, 2.24) is 19.9 Å². The fourth-order valence-electron chi connectivity index (χ4n) is 4.97. The first-order chi connectivity index (χ1) is 17.4. The summed E-state index contributed by atoms with van der Waals surface area (Å²) in [4.78, 5) is 26.1. The molecule has 0 aliphatic rings. The minimum absolute atomic E-state index is 0.196.